The molecule has 7 nitrogen and oxygen atoms in total. The van der Waals surface area contributed by atoms with Crippen molar-refractivity contribution in [2.75, 3.05) is 10.6 Å². The predicted octanol–water partition coefficient (Wildman–Crippen LogP) is 2.61. The zero-order chi connectivity index (χ0) is 17.5. The Balaban J connectivity index is 1.63. The molecule has 7 heteroatoms. The lowest BCUT2D eigenvalue weighted by molar-refractivity contribution is 0.102. The van der Waals surface area contributed by atoms with Gasteiger partial charge in [0.15, 0.2) is 0 Å². The summed E-state index contributed by atoms with van der Waals surface area (Å²) < 4.78 is 0. The third kappa shape index (κ3) is 4.14. The maximum Gasteiger partial charge on any atom is 0.275 e. The molecule has 25 heavy (non-hydrogen) atoms. The number of rotatable bonds is 5. The number of para-hydroxylation sites is 1. The summed E-state index contributed by atoms with van der Waals surface area (Å²) in [5.41, 5.74) is 1.86. The van der Waals surface area contributed by atoms with Gasteiger partial charge < -0.3 is 10.6 Å². The van der Waals surface area contributed by atoms with E-state index in [1.165, 1.54) is 12.4 Å². The first-order valence-corrected chi connectivity index (χ1v) is 7.52. The van der Waals surface area contributed by atoms with Gasteiger partial charge in [-0.2, -0.15) is 5.26 Å². The molecule has 0 aliphatic heterocycles. The number of hydrogen-bond acceptors (Lipinski definition) is 6. The van der Waals surface area contributed by atoms with E-state index in [4.69, 9.17) is 5.26 Å². The highest BCUT2D eigenvalue weighted by atomic mass is 16.1. The van der Waals surface area contributed by atoms with Crippen molar-refractivity contribution in [3.63, 3.8) is 0 Å². The van der Waals surface area contributed by atoms with E-state index in [-0.39, 0.29) is 5.69 Å². The molecule has 0 saturated carbocycles. The summed E-state index contributed by atoms with van der Waals surface area (Å²) >= 11 is 0. The number of carbonyl (C=O) groups is 1. The Bertz CT molecular complexity index is 903. The van der Waals surface area contributed by atoms with Crippen LogP contribution in [0.5, 0.6) is 0 Å². The predicted molar refractivity (Wildman–Crippen MR) is 92.7 cm³/mol. The lowest BCUT2D eigenvalue weighted by atomic mass is 10.2. The second kappa shape index (κ2) is 7.66. The van der Waals surface area contributed by atoms with Gasteiger partial charge in [-0.1, -0.05) is 18.2 Å². The van der Waals surface area contributed by atoms with Gasteiger partial charge >= 0.3 is 0 Å². The Kier molecular flexibility index (Phi) is 4.93. The molecule has 0 aliphatic rings. The van der Waals surface area contributed by atoms with E-state index >= 15 is 0 Å². The molecule has 0 atom stereocenters. The van der Waals surface area contributed by atoms with Gasteiger partial charge in [0, 0.05) is 6.20 Å². The third-order valence-electron chi connectivity index (χ3n) is 3.36. The van der Waals surface area contributed by atoms with Gasteiger partial charge in [-0.05, 0) is 24.3 Å². The van der Waals surface area contributed by atoms with Crippen LogP contribution in [0.3, 0.4) is 0 Å². The molecule has 0 radical (unpaired) electrons. The number of aromatic nitrogens is 3. The molecule has 2 heterocycles. The summed E-state index contributed by atoms with van der Waals surface area (Å²) in [5.74, 6) is 0.117. The highest BCUT2D eigenvalue weighted by molar-refractivity contribution is 6.03. The van der Waals surface area contributed by atoms with E-state index in [2.05, 4.69) is 25.6 Å². The van der Waals surface area contributed by atoms with Crippen molar-refractivity contribution in [2.24, 2.45) is 0 Å². The average molecular weight is 330 g/mol. The van der Waals surface area contributed by atoms with Crippen LogP contribution in [0, 0.1) is 11.3 Å². The molecule has 3 rings (SSSR count). The van der Waals surface area contributed by atoms with Crippen LogP contribution in [0.4, 0.5) is 11.5 Å². The molecule has 0 bridgehead atoms. The number of anilines is 2. The molecule has 2 N–H and O–H groups in total. The molecule has 2 aromatic heterocycles. The van der Waals surface area contributed by atoms with E-state index < -0.39 is 5.91 Å². The van der Waals surface area contributed by atoms with Crippen LogP contribution in [0.1, 0.15) is 21.7 Å². The van der Waals surface area contributed by atoms with Crippen molar-refractivity contribution < 1.29 is 4.79 Å². The fourth-order valence-corrected chi connectivity index (χ4v) is 2.10. The fourth-order valence-electron chi connectivity index (χ4n) is 2.10. The lowest BCUT2D eigenvalue weighted by Crippen LogP contribution is -2.15. The van der Waals surface area contributed by atoms with Gasteiger partial charge in [-0.15, -0.1) is 0 Å². The summed E-state index contributed by atoms with van der Waals surface area (Å²) in [6.07, 6.45) is 4.58. The smallest absolute Gasteiger partial charge is 0.275 e. The second-order valence-corrected chi connectivity index (χ2v) is 5.07. The minimum atomic E-state index is -0.425. The molecule has 3 aromatic rings. The molecular formula is C18H14N6O. The van der Waals surface area contributed by atoms with Gasteiger partial charge in [-0.25, -0.2) is 9.97 Å². The first-order chi connectivity index (χ1) is 12.3. The number of nitrogens with one attached hydrogen (secondary N) is 2. The maximum atomic E-state index is 12.2. The van der Waals surface area contributed by atoms with Crippen molar-refractivity contribution in [1.82, 2.24) is 15.0 Å². The van der Waals surface area contributed by atoms with E-state index in [1.54, 1.807) is 30.5 Å². The zero-order valence-corrected chi connectivity index (χ0v) is 13.2. The van der Waals surface area contributed by atoms with Gasteiger partial charge in [0.25, 0.3) is 5.91 Å². The number of carbonyl (C=O) groups excluding carboxylic acids is 1. The first kappa shape index (κ1) is 16.1. The summed E-state index contributed by atoms with van der Waals surface area (Å²) in [4.78, 5) is 24.7. The number of benzene rings is 1. The van der Waals surface area contributed by atoms with Crippen LogP contribution in [0.2, 0.25) is 0 Å². The molecule has 0 unspecified atom stereocenters. The summed E-state index contributed by atoms with van der Waals surface area (Å²) in [6.45, 7) is 0.511. The van der Waals surface area contributed by atoms with Crippen molar-refractivity contribution in [3.8, 4) is 6.07 Å². The molecule has 1 amide bonds. The van der Waals surface area contributed by atoms with E-state index in [1.807, 2.05) is 24.3 Å². The van der Waals surface area contributed by atoms with Gasteiger partial charge in [0.05, 0.1) is 35.9 Å². The lowest BCUT2D eigenvalue weighted by Gasteiger charge is -2.07. The van der Waals surface area contributed by atoms with Gasteiger partial charge in [0.2, 0.25) is 0 Å². The van der Waals surface area contributed by atoms with Crippen molar-refractivity contribution in [2.45, 2.75) is 6.54 Å². The van der Waals surface area contributed by atoms with Crippen LogP contribution >= 0.6 is 0 Å². The minimum absolute atomic E-state index is 0.163. The van der Waals surface area contributed by atoms with Crippen LogP contribution in [-0.2, 0) is 6.54 Å². The normalized spacial score (nSPS) is 9.88. The standard InChI is InChI=1S/C18H14N6O/c19-9-13-5-1-2-7-15(13)24-18(25)16-11-23-17(12-21-16)22-10-14-6-3-4-8-20-14/h1-8,11-12H,10H2,(H,22,23)(H,24,25). The third-order valence-corrected chi connectivity index (χ3v) is 3.36. The monoisotopic (exact) mass is 330 g/mol. The molecule has 122 valence electrons. The summed E-state index contributed by atoms with van der Waals surface area (Å²) in [6, 6.07) is 14.4. The van der Waals surface area contributed by atoms with Crippen molar-refractivity contribution in [1.29, 1.82) is 5.26 Å². The average Bonchev–Trinajstić information content (AvgIpc) is 2.68. The van der Waals surface area contributed by atoms with E-state index in [0.29, 0.717) is 23.6 Å². The SMILES string of the molecule is N#Cc1ccccc1NC(=O)c1cnc(NCc2ccccn2)cn1. The quantitative estimate of drug-likeness (QED) is 0.745. The second-order valence-electron chi connectivity index (χ2n) is 5.07. The highest BCUT2D eigenvalue weighted by Crippen LogP contribution is 2.14. The Morgan fingerprint density at radius 2 is 1.88 bits per heavy atom. The number of hydrogen-bond donors (Lipinski definition) is 2. The molecule has 0 spiro atoms. The highest BCUT2D eigenvalue weighted by Gasteiger charge is 2.10. The Labute approximate surface area is 144 Å². The molecule has 0 fully saturated rings. The van der Waals surface area contributed by atoms with Crippen LogP contribution < -0.4 is 10.6 Å². The maximum absolute atomic E-state index is 12.2. The summed E-state index contributed by atoms with van der Waals surface area (Å²) in [5, 5.41) is 14.8. The molecule has 0 saturated heterocycles. The fraction of sp³-hybridized carbons (Fsp3) is 0.0556. The largest absolute Gasteiger partial charge is 0.363 e. The molecule has 0 aliphatic carbocycles. The molecular weight excluding hydrogens is 316 g/mol. The van der Waals surface area contributed by atoms with Crippen molar-refractivity contribution in [3.05, 3.63) is 78.0 Å². The number of amides is 1. The van der Waals surface area contributed by atoms with Crippen LogP contribution in [-0.4, -0.2) is 20.9 Å². The van der Waals surface area contributed by atoms with Gasteiger partial charge in [-0.3, -0.25) is 9.78 Å². The summed E-state index contributed by atoms with van der Waals surface area (Å²) in [7, 11) is 0. The number of nitrogens with zero attached hydrogens (tertiary/aromatic N) is 4. The first-order valence-electron chi connectivity index (χ1n) is 7.52. The Hall–Kier alpha value is -3.79. The zero-order valence-electron chi connectivity index (χ0n) is 13.2. The number of nitriles is 1. The van der Waals surface area contributed by atoms with E-state index in [0.717, 1.165) is 5.69 Å². The Morgan fingerprint density at radius 1 is 1.04 bits per heavy atom. The van der Waals surface area contributed by atoms with Crippen LogP contribution in [0.15, 0.2) is 61.1 Å². The Morgan fingerprint density at radius 3 is 2.60 bits per heavy atom. The number of pyridine rings is 1. The minimum Gasteiger partial charge on any atom is -0.363 e. The van der Waals surface area contributed by atoms with E-state index in [9.17, 15) is 4.79 Å². The van der Waals surface area contributed by atoms with Gasteiger partial charge in [0.1, 0.15) is 17.6 Å². The van der Waals surface area contributed by atoms with Crippen molar-refractivity contribution >= 4 is 17.4 Å². The molecule has 1 aromatic carbocycles. The van der Waals surface area contributed by atoms with Crippen LogP contribution in [0.25, 0.3) is 0 Å². The topological polar surface area (TPSA) is 104 Å².